The number of hydrogen-bond acceptors (Lipinski definition) is 3. The predicted molar refractivity (Wildman–Crippen MR) is 56.7 cm³/mol. The van der Waals surface area contributed by atoms with E-state index in [-0.39, 0.29) is 5.54 Å². The summed E-state index contributed by atoms with van der Waals surface area (Å²) >= 11 is 1.92. The number of rotatable bonds is 6. The number of ether oxygens (including phenoxy) is 1. The zero-order chi connectivity index (χ0) is 9.61. The summed E-state index contributed by atoms with van der Waals surface area (Å²) in [4.78, 5) is 0. The quantitative estimate of drug-likeness (QED) is 0.696. The van der Waals surface area contributed by atoms with Crippen molar-refractivity contribution in [3.05, 3.63) is 0 Å². The molecule has 0 aromatic heterocycles. The topological polar surface area (TPSA) is 35.2 Å². The van der Waals surface area contributed by atoms with E-state index < -0.39 is 0 Å². The fourth-order valence-corrected chi connectivity index (χ4v) is 1.70. The smallest absolute Gasteiger partial charge is 0.0472 e. The third kappa shape index (κ3) is 8.37. The Morgan fingerprint density at radius 3 is 2.50 bits per heavy atom. The van der Waals surface area contributed by atoms with E-state index in [0.717, 1.165) is 18.8 Å². The Labute approximate surface area is 80.2 Å². The van der Waals surface area contributed by atoms with Crippen LogP contribution in [0.1, 0.15) is 27.2 Å². The average Bonchev–Trinajstić information content (AvgIpc) is 1.95. The Morgan fingerprint density at radius 2 is 2.08 bits per heavy atom. The molecule has 0 aliphatic carbocycles. The van der Waals surface area contributed by atoms with Crippen LogP contribution in [0.3, 0.4) is 0 Å². The molecule has 0 saturated carbocycles. The van der Waals surface area contributed by atoms with Crippen molar-refractivity contribution in [1.29, 1.82) is 0 Å². The highest BCUT2D eigenvalue weighted by atomic mass is 32.2. The standard InChI is InChI=1S/C9H21NOS/c1-8(5-6-11-4)12-7-9(2,3)10/h8H,5-7,10H2,1-4H3. The van der Waals surface area contributed by atoms with Crippen LogP contribution in [0, 0.1) is 0 Å². The SMILES string of the molecule is COCCC(C)SCC(C)(C)N. The first-order chi connectivity index (χ1) is 5.45. The van der Waals surface area contributed by atoms with Gasteiger partial charge in [0.05, 0.1) is 0 Å². The Morgan fingerprint density at radius 1 is 1.50 bits per heavy atom. The molecule has 3 heteroatoms. The number of thioether (sulfide) groups is 1. The van der Waals surface area contributed by atoms with E-state index in [1.807, 2.05) is 11.8 Å². The van der Waals surface area contributed by atoms with Crippen molar-refractivity contribution in [2.24, 2.45) is 5.73 Å². The van der Waals surface area contributed by atoms with E-state index in [1.54, 1.807) is 7.11 Å². The second kappa shape index (κ2) is 5.84. The van der Waals surface area contributed by atoms with Crippen molar-refractivity contribution < 1.29 is 4.74 Å². The molecule has 1 unspecified atom stereocenters. The average molecular weight is 191 g/mol. The van der Waals surface area contributed by atoms with Gasteiger partial charge in [0.25, 0.3) is 0 Å². The lowest BCUT2D eigenvalue weighted by atomic mass is 10.1. The monoisotopic (exact) mass is 191 g/mol. The lowest BCUT2D eigenvalue weighted by Gasteiger charge is -2.20. The van der Waals surface area contributed by atoms with E-state index in [1.165, 1.54) is 0 Å². The van der Waals surface area contributed by atoms with E-state index >= 15 is 0 Å². The maximum absolute atomic E-state index is 5.86. The van der Waals surface area contributed by atoms with Gasteiger partial charge in [0.15, 0.2) is 0 Å². The minimum atomic E-state index is -0.0496. The second-order valence-electron chi connectivity index (χ2n) is 3.89. The van der Waals surface area contributed by atoms with Crippen LogP contribution in [-0.2, 0) is 4.74 Å². The number of nitrogens with two attached hydrogens (primary N) is 1. The van der Waals surface area contributed by atoms with Gasteiger partial charge in [-0.3, -0.25) is 0 Å². The molecule has 0 amide bonds. The lowest BCUT2D eigenvalue weighted by molar-refractivity contribution is 0.195. The molecule has 0 aromatic carbocycles. The fourth-order valence-electron chi connectivity index (χ4n) is 0.724. The van der Waals surface area contributed by atoms with Gasteiger partial charge in [-0.15, -0.1) is 0 Å². The van der Waals surface area contributed by atoms with Crippen LogP contribution in [-0.4, -0.2) is 30.3 Å². The Kier molecular flexibility index (Phi) is 5.97. The molecular weight excluding hydrogens is 170 g/mol. The number of hydrogen-bond donors (Lipinski definition) is 1. The molecule has 0 aromatic rings. The van der Waals surface area contributed by atoms with Crippen LogP contribution >= 0.6 is 11.8 Å². The zero-order valence-electron chi connectivity index (χ0n) is 8.59. The van der Waals surface area contributed by atoms with Crippen molar-refractivity contribution >= 4 is 11.8 Å². The summed E-state index contributed by atoms with van der Waals surface area (Å²) in [6.07, 6.45) is 1.11. The third-order valence-corrected chi connectivity index (χ3v) is 3.18. The zero-order valence-corrected chi connectivity index (χ0v) is 9.41. The molecule has 2 nitrogen and oxygen atoms in total. The second-order valence-corrected chi connectivity index (χ2v) is 5.32. The summed E-state index contributed by atoms with van der Waals surface area (Å²) in [6, 6.07) is 0. The van der Waals surface area contributed by atoms with Gasteiger partial charge in [0, 0.05) is 30.3 Å². The van der Waals surface area contributed by atoms with Crippen LogP contribution in [0.5, 0.6) is 0 Å². The molecule has 12 heavy (non-hydrogen) atoms. The molecule has 1 atom stereocenters. The van der Waals surface area contributed by atoms with Crippen LogP contribution in [0.25, 0.3) is 0 Å². The van der Waals surface area contributed by atoms with Crippen molar-refractivity contribution in [2.75, 3.05) is 19.5 Å². The van der Waals surface area contributed by atoms with Gasteiger partial charge in [-0.25, -0.2) is 0 Å². The predicted octanol–water partition coefficient (Wildman–Crippen LogP) is 1.88. The van der Waals surface area contributed by atoms with Gasteiger partial charge in [0.2, 0.25) is 0 Å². The molecule has 0 saturated heterocycles. The van der Waals surface area contributed by atoms with E-state index in [9.17, 15) is 0 Å². The molecule has 0 aliphatic rings. The highest BCUT2D eigenvalue weighted by Gasteiger charge is 2.12. The molecule has 0 heterocycles. The molecule has 74 valence electrons. The van der Waals surface area contributed by atoms with E-state index in [2.05, 4.69) is 20.8 Å². The van der Waals surface area contributed by atoms with Crippen LogP contribution in [0.15, 0.2) is 0 Å². The molecule has 0 rings (SSSR count). The summed E-state index contributed by atoms with van der Waals surface area (Å²) in [6.45, 7) is 7.18. The first-order valence-electron chi connectivity index (χ1n) is 4.35. The number of methoxy groups -OCH3 is 1. The third-order valence-electron chi connectivity index (χ3n) is 1.47. The Balaban J connectivity index is 3.37. The molecule has 0 aliphatic heterocycles. The first kappa shape index (κ1) is 12.3. The first-order valence-corrected chi connectivity index (χ1v) is 5.40. The van der Waals surface area contributed by atoms with Gasteiger partial charge < -0.3 is 10.5 Å². The largest absolute Gasteiger partial charge is 0.385 e. The van der Waals surface area contributed by atoms with Gasteiger partial charge in [-0.1, -0.05) is 6.92 Å². The molecule has 0 fully saturated rings. The van der Waals surface area contributed by atoms with Gasteiger partial charge >= 0.3 is 0 Å². The van der Waals surface area contributed by atoms with Gasteiger partial charge in [-0.05, 0) is 20.3 Å². The molecule has 0 radical (unpaired) electrons. The Bertz CT molecular complexity index is 112. The molecule has 0 bridgehead atoms. The van der Waals surface area contributed by atoms with Crippen LogP contribution in [0.4, 0.5) is 0 Å². The maximum Gasteiger partial charge on any atom is 0.0472 e. The summed E-state index contributed by atoms with van der Waals surface area (Å²) in [5.41, 5.74) is 5.81. The minimum Gasteiger partial charge on any atom is -0.385 e. The highest BCUT2D eigenvalue weighted by molar-refractivity contribution is 7.99. The van der Waals surface area contributed by atoms with Gasteiger partial charge in [0.1, 0.15) is 0 Å². The van der Waals surface area contributed by atoms with Crippen molar-refractivity contribution in [2.45, 2.75) is 38.0 Å². The van der Waals surface area contributed by atoms with Gasteiger partial charge in [-0.2, -0.15) is 11.8 Å². The van der Waals surface area contributed by atoms with E-state index in [4.69, 9.17) is 10.5 Å². The normalized spacial score (nSPS) is 14.8. The van der Waals surface area contributed by atoms with Crippen molar-refractivity contribution in [3.63, 3.8) is 0 Å². The summed E-state index contributed by atoms with van der Waals surface area (Å²) in [5.74, 6) is 1.01. The molecule has 0 spiro atoms. The van der Waals surface area contributed by atoms with Crippen molar-refractivity contribution in [1.82, 2.24) is 0 Å². The van der Waals surface area contributed by atoms with E-state index in [0.29, 0.717) is 5.25 Å². The highest BCUT2D eigenvalue weighted by Crippen LogP contribution is 2.18. The lowest BCUT2D eigenvalue weighted by Crippen LogP contribution is -2.35. The Hall–Kier alpha value is 0.270. The fraction of sp³-hybridized carbons (Fsp3) is 1.00. The summed E-state index contributed by atoms with van der Waals surface area (Å²) in [5, 5.41) is 0.646. The minimum absolute atomic E-state index is 0.0496. The molecular formula is C9H21NOS. The summed E-state index contributed by atoms with van der Waals surface area (Å²) in [7, 11) is 1.74. The molecule has 2 N–H and O–H groups in total. The maximum atomic E-state index is 5.86. The van der Waals surface area contributed by atoms with Crippen LogP contribution < -0.4 is 5.73 Å². The van der Waals surface area contributed by atoms with Crippen LogP contribution in [0.2, 0.25) is 0 Å². The summed E-state index contributed by atoms with van der Waals surface area (Å²) < 4.78 is 5.00. The van der Waals surface area contributed by atoms with Crippen molar-refractivity contribution in [3.8, 4) is 0 Å².